The van der Waals surface area contributed by atoms with E-state index in [1.165, 1.54) is 12.1 Å². The summed E-state index contributed by atoms with van der Waals surface area (Å²) in [6.45, 7) is 3.58. The van der Waals surface area contributed by atoms with Crippen molar-refractivity contribution < 1.29 is 17.6 Å². The van der Waals surface area contributed by atoms with E-state index in [9.17, 15) is 17.6 Å². The van der Waals surface area contributed by atoms with Gasteiger partial charge in [0.05, 0.1) is 6.04 Å². The fourth-order valence-electron chi connectivity index (χ4n) is 2.70. The number of carbonyl (C=O) groups is 1. The van der Waals surface area contributed by atoms with Crippen LogP contribution in [0.4, 0.5) is 4.39 Å². The van der Waals surface area contributed by atoms with Crippen molar-refractivity contribution in [1.29, 1.82) is 0 Å². The maximum atomic E-state index is 14.0. The summed E-state index contributed by atoms with van der Waals surface area (Å²) in [4.78, 5) is 13.9. The van der Waals surface area contributed by atoms with Crippen LogP contribution in [0, 0.1) is 5.82 Å². The van der Waals surface area contributed by atoms with Gasteiger partial charge in [-0.25, -0.2) is 17.5 Å². The quantitative estimate of drug-likeness (QED) is 0.589. The smallest absolute Gasteiger partial charge is 0.251 e. The van der Waals surface area contributed by atoms with Crippen molar-refractivity contribution >= 4 is 27.5 Å². The predicted molar refractivity (Wildman–Crippen MR) is 112 cm³/mol. The fraction of sp³-hybridized carbons (Fsp3) is 0.250. The summed E-state index contributed by atoms with van der Waals surface area (Å²) in [6, 6.07) is 10.3. The molecule has 0 aromatic heterocycles. The third-order valence-electron chi connectivity index (χ3n) is 4.24. The normalized spacial score (nSPS) is 12.6. The summed E-state index contributed by atoms with van der Waals surface area (Å²) in [7, 11) is -0.394. The molecule has 0 saturated carbocycles. The van der Waals surface area contributed by atoms with Crippen LogP contribution in [0.5, 0.6) is 0 Å². The SMILES string of the molecule is C=CCNS(=O)(=O)c1cc(C(=O)NCC(c2ccccc2Cl)N(C)C)ccc1F. The van der Waals surface area contributed by atoms with Crippen molar-refractivity contribution in [1.82, 2.24) is 14.9 Å². The van der Waals surface area contributed by atoms with Gasteiger partial charge in [-0.1, -0.05) is 35.9 Å². The van der Waals surface area contributed by atoms with Crippen molar-refractivity contribution in [3.8, 4) is 0 Å². The summed E-state index contributed by atoms with van der Waals surface area (Å²) >= 11 is 6.26. The average molecular weight is 440 g/mol. The van der Waals surface area contributed by atoms with Gasteiger partial charge in [-0.3, -0.25) is 4.79 Å². The minimum atomic E-state index is -4.10. The summed E-state index contributed by atoms with van der Waals surface area (Å²) < 4.78 is 40.7. The van der Waals surface area contributed by atoms with E-state index in [0.717, 1.165) is 17.7 Å². The van der Waals surface area contributed by atoms with Gasteiger partial charge in [-0.05, 0) is 43.9 Å². The Morgan fingerprint density at radius 3 is 2.59 bits per heavy atom. The topological polar surface area (TPSA) is 78.5 Å². The molecule has 29 heavy (non-hydrogen) atoms. The molecule has 0 aliphatic heterocycles. The number of benzene rings is 2. The van der Waals surface area contributed by atoms with Crippen molar-refractivity contribution in [3.05, 3.63) is 77.1 Å². The molecule has 0 bridgehead atoms. The number of amides is 1. The summed E-state index contributed by atoms with van der Waals surface area (Å²) in [5.41, 5.74) is 0.873. The number of rotatable bonds is 9. The number of likely N-dealkylation sites (N-methyl/N-ethyl adjacent to an activating group) is 1. The molecule has 2 aromatic rings. The second-order valence-corrected chi connectivity index (χ2v) is 8.64. The van der Waals surface area contributed by atoms with Gasteiger partial charge in [0, 0.05) is 23.7 Å². The third-order valence-corrected chi connectivity index (χ3v) is 6.03. The first kappa shape index (κ1) is 23.0. The Bertz CT molecular complexity index is 996. The van der Waals surface area contributed by atoms with Gasteiger partial charge in [-0.2, -0.15) is 0 Å². The number of hydrogen-bond acceptors (Lipinski definition) is 4. The van der Waals surface area contributed by atoms with Crippen LogP contribution in [0.1, 0.15) is 22.0 Å². The number of nitrogens with zero attached hydrogens (tertiary/aromatic N) is 1. The van der Waals surface area contributed by atoms with Gasteiger partial charge in [0.1, 0.15) is 10.7 Å². The maximum Gasteiger partial charge on any atom is 0.251 e. The lowest BCUT2D eigenvalue weighted by atomic mass is 10.1. The molecule has 6 nitrogen and oxygen atoms in total. The second kappa shape index (κ2) is 9.98. The van der Waals surface area contributed by atoms with Gasteiger partial charge >= 0.3 is 0 Å². The molecule has 0 aliphatic rings. The first-order chi connectivity index (χ1) is 13.7. The molecular formula is C20H23ClFN3O3S. The van der Waals surface area contributed by atoms with Crippen LogP contribution < -0.4 is 10.0 Å². The Morgan fingerprint density at radius 2 is 1.97 bits per heavy atom. The van der Waals surface area contributed by atoms with Crippen molar-refractivity contribution in [3.63, 3.8) is 0 Å². The molecule has 0 radical (unpaired) electrons. The van der Waals surface area contributed by atoms with E-state index in [1.807, 2.05) is 37.2 Å². The zero-order chi connectivity index (χ0) is 21.6. The van der Waals surface area contributed by atoms with Crippen LogP contribution >= 0.6 is 11.6 Å². The lowest BCUT2D eigenvalue weighted by molar-refractivity contribution is 0.0941. The highest BCUT2D eigenvalue weighted by Crippen LogP contribution is 2.25. The molecule has 0 saturated heterocycles. The van der Waals surface area contributed by atoms with E-state index in [0.29, 0.717) is 5.02 Å². The van der Waals surface area contributed by atoms with Crippen LogP contribution in [0.25, 0.3) is 0 Å². The molecule has 1 unspecified atom stereocenters. The van der Waals surface area contributed by atoms with Crippen molar-refractivity contribution in [2.75, 3.05) is 27.2 Å². The van der Waals surface area contributed by atoms with Crippen LogP contribution in [-0.4, -0.2) is 46.4 Å². The molecule has 2 aromatic carbocycles. The number of hydrogen-bond donors (Lipinski definition) is 2. The van der Waals surface area contributed by atoms with Gasteiger partial charge in [-0.15, -0.1) is 6.58 Å². The summed E-state index contributed by atoms with van der Waals surface area (Å²) in [6.07, 6.45) is 1.34. The average Bonchev–Trinajstić information content (AvgIpc) is 2.67. The van der Waals surface area contributed by atoms with Crippen LogP contribution in [-0.2, 0) is 10.0 Å². The number of carbonyl (C=O) groups excluding carboxylic acids is 1. The second-order valence-electron chi connectivity index (χ2n) is 6.50. The van der Waals surface area contributed by atoms with Crippen LogP contribution in [0.15, 0.2) is 60.0 Å². The summed E-state index contributed by atoms with van der Waals surface area (Å²) in [5, 5.41) is 3.33. The molecule has 9 heteroatoms. The first-order valence-corrected chi connectivity index (χ1v) is 10.6. The molecule has 2 N–H and O–H groups in total. The molecule has 2 rings (SSSR count). The molecule has 1 amide bonds. The largest absolute Gasteiger partial charge is 0.350 e. The molecule has 1 atom stereocenters. The minimum Gasteiger partial charge on any atom is -0.350 e. The Labute approximate surface area is 175 Å². The lowest BCUT2D eigenvalue weighted by Gasteiger charge is -2.26. The van der Waals surface area contributed by atoms with E-state index in [1.54, 1.807) is 6.07 Å². The van der Waals surface area contributed by atoms with Crippen molar-refractivity contribution in [2.45, 2.75) is 10.9 Å². The molecule has 0 aliphatic carbocycles. The van der Waals surface area contributed by atoms with E-state index in [4.69, 9.17) is 11.6 Å². The van der Waals surface area contributed by atoms with Gasteiger partial charge in [0.2, 0.25) is 10.0 Å². The van der Waals surface area contributed by atoms with E-state index in [2.05, 4.69) is 16.6 Å². The minimum absolute atomic E-state index is 0.0297. The van der Waals surface area contributed by atoms with E-state index >= 15 is 0 Å². The van der Waals surface area contributed by atoms with E-state index in [-0.39, 0.29) is 24.7 Å². The van der Waals surface area contributed by atoms with Crippen molar-refractivity contribution in [2.24, 2.45) is 0 Å². The van der Waals surface area contributed by atoms with Crippen LogP contribution in [0.3, 0.4) is 0 Å². The molecule has 0 heterocycles. The zero-order valence-electron chi connectivity index (χ0n) is 16.2. The highest BCUT2D eigenvalue weighted by Gasteiger charge is 2.22. The Kier molecular flexibility index (Phi) is 7.92. The number of halogens is 2. The van der Waals surface area contributed by atoms with Gasteiger partial charge in [0.25, 0.3) is 5.91 Å². The number of nitrogens with one attached hydrogen (secondary N) is 2. The lowest BCUT2D eigenvalue weighted by Crippen LogP contribution is -2.35. The monoisotopic (exact) mass is 439 g/mol. The maximum absolute atomic E-state index is 14.0. The Hall–Kier alpha value is -2.26. The fourth-order valence-corrected chi connectivity index (χ4v) is 4.07. The van der Waals surface area contributed by atoms with Gasteiger partial charge in [0.15, 0.2) is 0 Å². The summed E-state index contributed by atoms with van der Waals surface area (Å²) in [5.74, 6) is -1.47. The molecule has 0 spiro atoms. The van der Waals surface area contributed by atoms with Crippen LogP contribution in [0.2, 0.25) is 5.02 Å². The highest BCUT2D eigenvalue weighted by atomic mass is 35.5. The van der Waals surface area contributed by atoms with E-state index < -0.39 is 26.6 Å². The Morgan fingerprint density at radius 1 is 1.28 bits per heavy atom. The van der Waals surface area contributed by atoms with Gasteiger partial charge < -0.3 is 10.2 Å². The first-order valence-electron chi connectivity index (χ1n) is 8.76. The molecule has 0 fully saturated rings. The predicted octanol–water partition coefficient (Wildman–Crippen LogP) is 2.98. The zero-order valence-corrected chi connectivity index (χ0v) is 17.7. The molecular weight excluding hydrogens is 417 g/mol. The third kappa shape index (κ3) is 5.86. The standard InChI is InChI=1S/C20H23ClFN3O3S/c1-4-11-24-29(27,28)19-12-14(9-10-17(19)22)20(26)23-13-18(25(2)3)15-7-5-6-8-16(15)21/h4-10,12,18,24H,1,11,13H2,2-3H3,(H,23,26). The number of sulfonamides is 1. The highest BCUT2D eigenvalue weighted by molar-refractivity contribution is 7.89. The Balaban J connectivity index is 2.21. The molecule has 156 valence electrons.